The van der Waals surface area contributed by atoms with Gasteiger partial charge in [-0.25, -0.2) is 4.39 Å². The Labute approximate surface area is 149 Å². The molecule has 0 bridgehead atoms. The quantitative estimate of drug-likeness (QED) is 0.587. The maximum atomic E-state index is 13.0. The standard InChI is InChI=1S/C21H14FN3O/c22-17-9-6-14(7-10-17)16-8-11-19(24-13-16)21(26)25-18-5-1-3-15-4-2-12-23-20(15)18/h1-13H,(H,25,26). The van der Waals surface area contributed by atoms with E-state index in [0.29, 0.717) is 11.4 Å². The molecule has 0 saturated heterocycles. The first-order valence-corrected chi connectivity index (χ1v) is 8.08. The van der Waals surface area contributed by atoms with Crippen molar-refractivity contribution < 1.29 is 9.18 Å². The Bertz CT molecular complexity index is 1070. The number of pyridine rings is 2. The van der Waals surface area contributed by atoms with Crippen molar-refractivity contribution in [3.8, 4) is 11.1 Å². The van der Waals surface area contributed by atoms with E-state index in [2.05, 4.69) is 15.3 Å². The summed E-state index contributed by atoms with van der Waals surface area (Å²) in [6.45, 7) is 0. The number of nitrogens with zero attached hydrogens (tertiary/aromatic N) is 2. The zero-order chi connectivity index (χ0) is 17.9. The lowest BCUT2D eigenvalue weighted by Crippen LogP contribution is -2.14. The van der Waals surface area contributed by atoms with Crippen molar-refractivity contribution in [2.75, 3.05) is 5.32 Å². The van der Waals surface area contributed by atoms with Crippen LogP contribution in [0.2, 0.25) is 0 Å². The molecule has 1 N–H and O–H groups in total. The monoisotopic (exact) mass is 343 g/mol. The van der Waals surface area contributed by atoms with Crippen LogP contribution >= 0.6 is 0 Å². The van der Waals surface area contributed by atoms with Gasteiger partial charge in [0.2, 0.25) is 0 Å². The Morgan fingerprint density at radius 2 is 1.62 bits per heavy atom. The normalized spacial score (nSPS) is 10.7. The zero-order valence-electron chi connectivity index (χ0n) is 13.7. The van der Waals surface area contributed by atoms with Crippen LogP contribution in [-0.2, 0) is 0 Å². The number of rotatable bonds is 3. The van der Waals surface area contributed by atoms with Gasteiger partial charge in [-0.05, 0) is 35.9 Å². The second-order valence-electron chi connectivity index (χ2n) is 5.77. The number of carbonyl (C=O) groups excluding carboxylic acids is 1. The molecule has 4 rings (SSSR count). The first-order chi connectivity index (χ1) is 12.7. The Morgan fingerprint density at radius 3 is 2.38 bits per heavy atom. The summed E-state index contributed by atoms with van der Waals surface area (Å²) in [6.07, 6.45) is 3.29. The topological polar surface area (TPSA) is 54.9 Å². The van der Waals surface area contributed by atoms with Crippen LogP contribution in [0.5, 0.6) is 0 Å². The lowest BCUT2D eigenvalue weighted by Gasteiger charge is -2.08. The third-order valence-corrected chi connectivity index (χ3v) is 4.05. The van der Waals surface area contributed by atoms with Crippen molar-refractivity contribution in [2.45, 2.75) is 0 Å². The SMILES string of the molecule is O=C(Nc1cccc2cccnc12)c1ccc(-c2ccc(F)cc2)cn1. The number of carbonyl (C=O) groups is 1. The highest BCUT2D eigenvalue weighted by molar-refractivity contribution is 6.07. The van der Waals surface area contributed by atoms with Gasteiger partial charge < -0.3 is 5.32 Å². The zero-order valence-corrected chi connectivity index (χ0v) is 13.7. The van der Waals surface area contributed by atoms with Crippen LogP contribution in [0.25, 0.3) is 22.0 Å². The molecule has 0 aliphatic rings. The third kappa shape index (κ3) is 3.15. The van der Waals surface area contributed by atoms with E-state index in [9.17, 15) is 9.18 Å². The highest BCUT2D eigenvalue weighted by atomic mass is 19.1. The number of nitrogens with one attached hydrogen (secondary N) is 1. The fraction of sp³-hybridized carbons (Fsp3) is 0. The van der Waals surface area contributed by atoms with Gasteiger partial charge in [-0.3, -0.25) is 14.8 Å². The summed E-state index contributed by atoms with van der Waals surface area (Å²) >= 11 is 0. The van der Waals surface area contributed by atoms with E-state index in [4.69, 9.17) is 0 Å². The van der Waals surface area contributed by atoms with E-state index in [1.54, 1.807) is 42.7 Å². The first kappa shape index (κ1) is 15.9. The van der Waals surface area contributed by atoms with E-state index in [1.165, 1.54) is 12.1 Å². The lowest BCUT2D eigenvalue weighted by molar-refractivity contribution is 0.102. The average molecular weight is 343 g/mol. The first-order valence-electron chi connectivity index (χ1n) is 8.08. The van der Waals surface area contributed by atoms with E-state index in [1.807, 2.05) is 24.3 Å². The van der Waals surface area contributed by atoms with Crippen molar-refractivity contribution in [1.29, 1.82) is 0 Å². The average Bonchev–Trinajstić information content (AvgIpc) is 2.69. The molecule has 0 aliphatic carbocycles. The number of hydrogen-bond acceptors (Lipinski definition) is 3. The molecule has 5 heteroatoms. The summed E-state index contributed by atoms with van der Waals surface area (Å²) in [7, 11) is 0. The molecule has 0 unspecified atom stereocenters. The van der Waals surface area contributed by atoms with Crippen LogP contribution in [-0.4, -0.2) is 15.9 Å². The second-order valence-corrected chi connectivity index (χ2v) is 5.77. The number of anilines is 1. The van der Waals surface area contributed by atoms with Crippen LogP contribution in [0.1, 0.15) is 10.5 Å². The number of fused-ring (bicyclic) bond motifs is 1. The predicted molar refractivity (Wildman–Crippen MR) is 99.3 cm³/mol. The maximum Gasteiger partial charge on any atom is 0.274 e. The molecule has 26 heavy (non-hydrogen) atoms. The Balaban J connectivity index is 1.57. The molecular formula is C21H14FN3O. The molecule has 0 radical (unpaired) electrons. The summed E-state index contributed by atoms with van der Waals surface area (Å²) in [5.41, 5.74) is 3.31. The fourth-order valence-electron chi connectivity index (χ4n) is 2.73. The summed E-state index contributed by atoms with van der Waals surface area (Å²) in [5.74, 6) is -0.602. The van der Waals surface area contributed by atoms with Gasteiger partial charge in [-0.1, -0.05) is 36.4 Å². The van der Waals surface area contributed by atoms with Crippen LogP contribution in [0.15, 0.2) is 79.1 Å². The van der Waals surface area contributed by atoms with Gasteiger partial charge in [0.15, 0.2) is 0 Å². The second kappa shape index (κ2) is 6.72. The van der Waals surface area contributed by atoms with Crippen LogP contribution in [0, 0.1) is 5.82 Å². The fourth-order valence-corrected chi connectivity index (χ4v) is 2.73. The minimum Gasteiger partial charge on any atom is -0.319 e. The molecule has 0 saturated carbocycles. The molecular weight excluding hydrogens is 329 g/mol. The smallest absolute Gasteiger partial charge is 0.274 e. The van der Waals surface area contributed by atoms with Gasteiger partial charge >= 0.3 is 0 Å². The molecule has 0 spiro atoms. The van der Waals surface area contributed by atoms with Gasteiger partial charge in [0.05, 0.1) is 11.2 Å². The molecule has 2 heterocycles. The summed E-state index contributed by atoms with van der Waals surface area (Å²) in [4.78, 5) is 21.0. The van der Waals surface area contributed by atoms with Crippen LogP contribution in [0.4, 0.5) is 10.1 Å². The maximum absolute atomic E-state index is 13.0. The van der Waals surface area contributed by atoms with E-state index in [-0.39, 0.29) is 11.7 Å². The van der Waals surface area contributed by atoms with E-state index >= 15 is 0 Å². The summed E-state index contributed by atoms with van der Waals surface area (Å²) in [6, 6.07) is 19.0. The van der Waals surface area contributed by atoms with Crippen LogP contribution in [0.3, 0.4) is 0 Å². The summed E-state index contributed by atoms with van der Waals surface area (Å²) in [5, 5.41) is 3.80. The van der Waals surface area contributed by atoms with Crippen molar-refractivity contribution in [2.24, 2.45) is 0 Å². The van der Waals surface area contributed by atoms with E-state index in [0.717, 1.165) is 22.0 Å². The number of para-hydroxylation sites is 1. The van der Waals surface area contributed by atoms with Crippen molar-refractivity contribution >= 4 is 22.5 Å². The van der Waals surface area contributed by atoms with Crippen molar-refractivity contribution in [3.63, 3.8) is 0 Å². The molecule has 0 aliphatic heterocycles. The number of benzene rings is 2. The number of aromatic nitrogens is 2. The minimum absolute atomic E-state index is 0.290. The van der Waals surface area contributed by atoms with Gasteiger partial charge in [-0.2, -0.15) is 0 Å². The minimum atomic E-state index is -0.311. The van der Waals surface area contributed by atoms with Crippen molar-refractivity contribution in [1.82, 2.24) is 9.97 Å². The van der Waals surface area contributed by atoms with Gasteiger partial charge in [0.1, 0.15) is 11.5 Å². The summed E-state index contributed by atoms with van der Waals surface area (Å²) < 4.78 is 13.0. The van der Waals surface area contributed by atoms with E-state index < -0.39 is 0 Å². The number of hydrogen-bond donors (Lipinski definition) is 1. The van der Waals surface area contributed by atoms with Gasteiger partial charge in [0.25, 0.3) is 5.91 Å². The molecule has 4 nitrogen and oxygen atoms in total. The molecule has 4 aromatic rings. The Kier molecular flexibility index (Phi) is 4.11. The molecule has 126 valence electrons. The number of amides is 1. The highest BCUT2D eigenvalue weighted by Crippen LogP contribution is 2.22. The molecule has 2 aromatic carbocycles. The molecule has 2 aromatic heterocycles. The largest absolute Gasteiger partial charge is 0.319 e. The Morgan fingerprint density at radius 1 is 0.846 bits per heavy atom. The molecule has 0 fully saturated rings. The van der Waals surface area contributed by atoms with Gasteiger partial charge in [0, 0.05) is 23.3 Å². The van der Waals surface area contributed by atoms with Crippen LogP contribution < -0.4 is 5.32 Å². The molecule has 1 amide bonds. The Hall–Kier alpha value is -3.60. The van der Waals surface area contributed by atoms with Crippen molar-refractivity contribution in [3.05, 3.63) is 90.6 Å². The number of halogens is 1. The van der Waals surface area contributed by atoms with Gasteiger partial charge in [-0.15, -0.1) is 0 Å². The lowest BCUT2D eigenvalue weighted by atomic mass is 10.1. The third-order valence-electron chi connectivity index (χ3n) is 4.05. The predicted octanol–water partition coefficient (Wildman–Crippen LogP) is 4.69. The highest BCUT2D eigenvalue weighted by Gasteiger charge is 2.10. The molecule has 0 atom stereocenters.